The first-order chi connectivity index (χ1) is 66.3. The second-order valence-electron chi connectivity index (χ2n) is 30.0. The van der Waals surface area contributed by atoms with E-state index in [1.807, 2.05) is 279 Å². The molecule has 0 radical (unpaired) electrons. The van der Waals surface area contributed by atoms with Crippen LogP contribution in [-0.2, 0) is 60.4 Å². The predicted molar refractivity (Wildman–Crippen MR) is 551 cm³/mol. The second kappa shape index (κ2) is 58.0. The molecule has 0 spiro atoms. The number of carboxylic acids is 1. The number of aliphatic carboxylic acids is 1. The highest BCUT2D eigenvalue weighted by molar-refractivity contribution is 9.10. The fourth-order valence-corrected chi connectivity index (χ4v) is 14.2. The third kappa shape index (κ3) is 34.5. The zero-order valence-corrected chi connectivity index (χ0v) is 76.4. The molecule has 0 saturated heterocycles. The van der Waals surface area contributed by atoms with E-state index < -0.39 is 5.97 Å². The number of halogens is 2. The molecule has 0 unspecified atom stereocenters. The number of benzene rings is 10. The number of esters is 1. The van der Waals surface area contributed by atoms with Crippen LogP contribution >= 0.6 is 27.5 Å². The van der Waals surface area contributed by atoms with Crippen molar-refractivity contribution in [2.75, 3.05) is 40.1 Å². The summed E-state index contributed by atoms with van der Waals surface area (Å²) in [6.45, 7) is 6.41. The number of aromatic nitrogens is 13. The highest BCUT2D eigenvalue weighted by atomic mass is 79.9. The summed E-state index contributed by atoms with van der Waals surface area (Å²) >= 11 is 9.83. The smallest absolute Gasteiger partial charge is 0.305 e. The molecule has 1 aliphatic rings. The van der Waals surface area contributed by atoms with Crippen LogP contribution in [0, 0.1) is 0 Å². The molecule has 10 aromatic carbocycles. The normalized spacial score (nSPS) is 10.8. The molecule has 32 heteroatoms. The number of methoxy groups -OCH3 is 1. The number of rotatable bonds is 40. The van der Waals surface area contributed by atoms with Crippen molar-refractivity contribution in [1.82, 2.24) is 66.2 Å². The van der Waals surface area contributed by atoms with Crippen LogP contribution in [0.4, 0.5) is 0 Å². The number of para-hydroxylation sites is 3. The average molecular weight is 1980 g/mol. The summed E-state index contributed by atoms with van der Waals surface area (Å²) in [6, 6.07) is 89.1. The minimum absolute atomic E-state index is 0. The summed E-state index contributed by atoms with van der Waals surface area (Å²) in [7, 11) is 1.65. The highest BCUT2D eigenvalue weighted by Gasteiger charge is 2.15. The first kappa shape index (κ1) is 108. The second-order valence-corrected chi connectivity index (χ2v) is 31.1. The van der Waals surface area contributed by atoms with Crippen molar-refractivity contribution in [2.24, 2.45) is 10.2 Å². The van der Waals surface area contributed by atoms with E-state index in [2.05, 4.69) is 104 Å². The maximum atomic E-state index is 11.3. The standard InChI is InChI=1S/C23H22BrN3O3.C22H22ClNO4.C20H19N5O2.C20H19NO4.C18H15N5O2.5CH4/c1-28-22-11-10-21-20(23(22)24)9-4-17(26-21)15-30-19-7-5-18(6-8-19)29-14-2-3-16-12-13-25-27-16;1-2-26-21(25)8-5-13-27-18-9-11-19(12-10-18)28-15-17-14-16-6-3-4-7-20(16)24-22(17)23;1-2-8-18-15(5-1)10-11-21-19(18)14-27-17-7-3-6-16(13-17)26-12-4-9-20-22-24-25-23-20;22-20(23)6-3-13-24-17-9-11-18(12-10-17)25-14-16-8-7-15-4-1-2-5-19(15)21-16;1-2-7-17-13(4-1)8-9-14(19-17)11-24-15-5-3-6-16(10-15)25-12-18-20-22-23-21-18;;;;;/h4-11,13H,2-3,12,14-15H2,1H3;3-4,6-7,9-12,14H,2,5,8,13,15H2,1H3;1-3,5-8,10-11,13H,4,9,12,14H2,(H,22,23,24,25);1-2,4-5,7-12H,3,6,13-14H2,(H,22,23);1-10H,11-12H2,(H,20,21,22,23);5*1H4. The largest absolute Gasteiger partial charge is 0.496 e. The van der Waals surface area contributed by atoms with Crippen molar-refractivity contribution < 1.29 is 71.5 Å². The van der Waals surface area contributed by atoms with Gasteiger partial charge in [0.1, 0.15) is 101 Å². The molecule has 0 amide bonds. The Bertz CT molecular complexity index is 6690. The molecule has 7 aromatic heterocycles. The zero-order chi connectivity index (χ0) is 93.2. The van der Waals surface area contributed by atoms with E-state index in [9.17, 15) is 9.59 Å². The Labute approximate surface area is 828 Å². The number of nitrogens with one attached hydrogen (secondary N) is 2. The molecular weight excluding hydrogens is 1860 g/mol. The number of nitrogens with zero attached hydrogens (tertiary/aromatic N) is 13. The topological polar surface area (TPSA) is 363 Å². The number of ether oxygens (including phenoxy) is 12. The van der Waals surface area contributed by atoms with E-state index in [-0.39, 0.29) is 56.1 Å². The van der Waals surface area contributed by atoms with Crippen LogP contribution in [-0.4, -0.2) is 135 Å². The van der Waals surface area contributed by atoms with Gasteiger partial charge in [-0.15, -0.1) is 20.4 Å². The number of hydrogen-bond donors (Lipinski definition) is 3. The monoisotopic (exact) mass is 1980 g/mol. The first-order valence-electron chi connectivity index (χ1n) is 43.7. The maximum Gasteiger partial charge on any atom is 0.305 e. The summed E-state index contributed by atoms with van der Waals surface area (Å²) in [5.74, 6) is 8.33. The summed E-state index contributed by atoms with van der Waals surface area (Å²) < 4.78 is 68.6. The molecule has 0 saturated carbocycles. The summed E-state index contributed by atoms with van der Waals surface area (Å²) in [5, 5.41) is 50.9. The van der Waals surface area contributed by atoms with Crippen molar-refractivity contribution in [2.45, 2.75) is 141 Å². The van der Waals surface area contributed by atoms with Gasteiger partial charge in [-0.05, 0) is 224 Å². The van der Waals surface area contributed by atoms with Crippen molar-refractivity contribution in [3.63, 3.8) is 0 Å². The number of fused-ring (bicyclic) bond motifs is 5. The molecule has 0 bridgehead atoms. The van der Waals surface area contributed by atoms with Crippen LogP contribution in [0.2, 0.25) is 5.15 Å². The Morgan fingerprint density at radius 3 is 1.39 bits per heavy atom. The lowest BCUT2D eigenvalue weighted by Gasteiger charge is -2.10. The lowest BCUT2D eigenvalue weighted by molar-refractivity contribution is -0.143. The fourth-order valence-electron chi connectivity index (χ4n) is 13.4. The van der Waals surface area contributed by atoms with E-state index >= 15 is 0 Å². The third-order valence-electron chi connectivity index (χ3n) is 20.2. The number of H-pyrrole nitrogens is 2. The molecule has 30 nitrogen and oxygen atoms in total. The van der Waals surface area contributed by atoms with Crippen molar-refractivity contribution in [3.05, 3.63) is 335 Å². The Morgan fingerprint density at radius 1 is 0.407 bits per heavy atom. The minimum atomic E-state index is -0.811. The number of pyridine rings is 5. The van der Waals surface area contributed by atoms with Gasteiger partial charge in [0.15, 0.2) is 12.4 Å². The molecular formula is C108H117BrClN15O15. The number of hydrogen-bond acceptors (Lipinski definition) is 27. The number of aromatic amines is 2. The SMILES string of the molecule is C.C.C.C.C.CCOC(=O)CCCOc1ccc(OCc2cc3ccccc3nc2Cl)cc1.COc1ccc2nc(COc3ccc(OCCCC4=NN=CC4)cc3)ccc2c1Br.O=C(O)CCCOc1ccc(OCc2ccc3ccccc3n2)cc1.c1cc(OCCCc2nn[nH]n2)cc(OCc2nccc3ccccc23)c1.c1cc(OCc2ccc3ccccc3n2)cc(OCc2nn[nH]n2)c1. The van der Waals surface area contributed by atoms with E-state index in [1.165, 1.54) is 0 Å². The molecule has 1 aliphatic heterocycles. The van der Waals surface area contributed by atoms with Crippen LogP contribution in [0.25, 0.3) is 54.4 Å². The van der Waals surface area contributed by atoms with Gasteiger partial charge in [0, 0.05) is 88.4 Å². The Kier molecular flexibility index (Phi) is 44.7. The Balaban J connectivity index is 0.000000194. The van der Waals surface area contributed by atoms with Gasteiger partial charge in [0.25, 0.3) is 0 Å². The highest BCUT2D eigenvalue weighted by Crippen LogP contribution is 2.34. The molecule has 17 aromatic rings. The van der Waals surface area contributed by atoms with Gasteiger partial charge < -0.3 is 61.9 Å². The lowest BCUT2D eigenvalue weighted by atomic mass is 10.1. The minimum Gasteiger partial charge on any atom is -0.496 e. The van der Waals surface area contributed by atoms with E-state index in [0.29, 0.717) is 125 Å². The zero-order valence-electron chi connectivity index (χ0n) is 74.1. The quantitative estimate of drug-likeness (QED) is 0.0182. The summed E-state index contributed by atoms with van der Waals surface area (Å²) in [4.78, 5) is 44.4. The third-order valence-corrected chi connectivity index (χ3v) is 21.4. The van der Waals surface area contributed by atoms with Gasteiger partial charge in [-0.25, -0.2) is 19.9 Å². The van der Waals surface area contributed by atoms with Crippen molar-refractivity contribution in [1.29, 1.82) is 0 Å². The van der Waals surface area contributed by atoms with Crippen LogP contribution < -0.4 is 52.1 Å². The summed E-state index contributed by atoms with van der Waals surface area (Å²) in [5.41, 5.74) is 9.14. The average Bonchev–Trinajstić information content (AvgIpc) is 1.00. The van der Waals surface area contributed by atoms with Crippen molar-refractivity contribution >= 4 is 106 Å². The van der Waals surface area contributed by atoms with Gasteiger partial charge in [-0.2, -0.15) is 20.6 Å². The summed E-state index contributed by atoms with van der Waals surface area (Å²) in [6.07, 6.45) is 9.46. The molecule has 0 fully saturated rings. The lowest BCUT2D eigenvalue weighted by Crippen LogP contribution is -2.06. The number of aryl methyl sites for hydroxylation is 1. The predicted octanol–water partition coefficient (Wildman–Crippen LogP) is 24.2. The van der Waals surface area contributed by atoms with Crippen LogP contribution in [0.15, 0.2) is 300 Å². The molecule has 0 aliphatic carbocycles. The molecule has 8 heterocycles. The van der Waals surface area contributed by atoms with E-state index in [4.69, 9.17) is 73.5 Å². The molecule has 0 atom stereocenters. The van der Waals surface area contributed by atoms with Gasteiger partial charge in [0.2, 0.25) is 5.82 Å². The van der Waals surface area contributed by atoms with Crippen LogP contribution in [0.1, 0.15) is 135 Å². The van der Waals surface area contributed by atoms with E-state index in [1.54, 1.807) is 14.0 Å². The number of tetrazole rings is 2. The van der Waals surface area contributed by atoms with Gasteiger partial charge >= 0.3 is 11.9 Å². The van der Waals surface area contributed by atoms with Gasteiger partial charge in [-0.3, -0.25) is 14.6 Å². The Hall–Kier alpha value is -15.8. The first-order valence-corrected chi connectivity index (χ1v) is 44.9. The number of carboxylic acid groups (broad SMARTS) is 1. The van der Waals surface area contributed by atoms with Crippen molar-refractivity contribution in [3.8, 4) is 63.2 Å². The van der Waals surface area contributed by atoms with Crippen LogP contribution in [0.3, 0.4) is 0 Å². The van der Waals surface area contributed by atoms with Gasteiger partial charge in [0.05, 0.1) is 89.5 Å². The molecule has 728 valence electrons. The molecule has 3 N–H and O–H groups in total. The molecule has 140 heavy (non-hydrogen) atoms. The van der Waals surface area contributed by atoms with E-state index in [0.717, 1.165) is 165 Å². The number of carbonyl (C=O) groups excluding carboxylic acids is 1. The Morgan fingerprint density at radius 2 is 0.857 bits per heavy atom. The maximum absolute atomic E-state index is 11.3. The number of carbonyl (C=O) groups is 2. The van der Waals surface area contributed by atoms with Crippen LogP contribution in [0.5, 0.6) is 63.2 Å². The fraction of sp³-hybridized carbons (Fsp3) is 0.250. The van der Waals surface area contributed by atoms with Gasteiger partial charge in [-0.1, -0.05) is 162 Å². The molecule has 18 rings (SSSR count).